The number of hydrogen-bond acceptors (Lipinski definition) is 3. The van der Waals surface area contributed by atoms with Crippen molar-refractivity contribution in [1.82, 2.24) is 10.2 Å². The first-order valence-electron chi connectivity index (χ1n) is 8.47. The maximum absolute atomic E-state index is 9.44. The molecule has 1 fully saturated rings. The van der Waals surface area contributed by atoms with Crippen LogP contribution in [-0.2, 0) is 0 Å². The Hall–Kier alpha value is -0.590. The molecule has 0 bridgehead atoms. The third kappa shape index (κ3) is 5.81. The van der Waals surface area contributed by atoms with Crippen molar-refractivity contribution in [2.75, 3.05) is 19.6 Å². The molecule has 0 aromatic heterocycles. The van der Waals surface area contributed by atoms with E-state index in [1.807, 2.05) is 0 Å². The Bertz CT molecular complexity index is 304. The summed E-state index contributed by atoms with van der Waals surface area (Å²) in [6.45, 7) is 12.1. The van der Waals surface area contributed by atoms with E-state index < -0.39 is 0 Å². The van der Waals surface area contributed by atoms with Crippen molar-refractivity contribution in [1.29, 1.82) is 5.26 Å². The van der Waals surface area contributed by atoms with E-state index in [1.54, 1.807) is 0 Å². The highest BCUT2D eigenvalue weighted by Gasteiger charge is 2.30. The molecular weight excluding hydrogens is 246 g/mol. The van der Waals surface area contributed by atoms with E-state index in [2.05, 4.69) is 44.0 Å². The van der Waals surface area contributed by atoms with Crippen LogP contribution in [0.2, 0.25) is 0 Å². The predicted molar refractivity (Wildman–Crippen MR) is 85.6 cm³/mol. The molecule has 0 amide bonds. The van der Waals surface area contributed by atoms with Gasteiger partial charge in [0, 0.05) is 6.04 Å². The molecule has 0 radical (unpaired) electrons. The summed E-state index contributed by atoms with van der Waals surface area (Å²) in [7, 11) is 0. The maximum atomic E-state index is 9.44. The van der Waals surface area contributed by atoms with Crippen LogP contribution in [0.15, 0.2) is 0 Å². The first-order chi connectivity index (χ1) is 9.56. The number of rotatable bonds is 11. The molecular formula is C17H33N3. The second-order valence-electron chi connectivity index (χ2n) is 6.63. The number of nitrogens with one attached hydrogen (secondary N) is 1. The van der Waals surface area contributed by atoms with Crippen molar-refractivity contribution in [2.24, 2.45) is 5.92 Å². The number of nitriles is 1. The molecule has 1 aliphatic rings. The van der Waals surface area contributed by atoms with Gasteiger partial charge in [0.1, 0.15) is 5.54 Å². The normalized spacial score (nSPS) is 18.2. The average molecular weight is 279 g/mol. The van der Waals surface area contributed by atoms with Gasteiger partial charge in [-0.1, -0.05) is 27.7 Å². The maximum Gasteiger partial charge on any atom is 0.106 e. The van der Waals surface area contributed by atoms with Gasteiger partial charge >= 0.3 is 0 Å². The van der Waals surface area contributed by atoms with Gasteiger partial charge < -0.3 is 4.90 Å². The molecule has 0 aromatic rings. The first-order valence-corrected chi connectivity index (χ1v) is 8.47. The van der Waals surface area contributed by atoms with E-state index in [9.17, 15) is 5.26 Å². The van der Waals surface area contributed by atoms with Crippen LogP contribution in [0.5, 0.6) is 0 Å². The molecule has 116 valence electrons. The van der Waals surface area contributed by atoms with E-state index in [-0.39, 0.29) is 5.54 Å². The fraction of sp³-hybridized carbons (Fsp3) is 0.941. The van der Waals surface area contributed by atoms with Crippen molar-refractivity contribution in [3.63, 3.8) is 0 Å². The van der Waals surface area contributed by atoms with Gasteiger partial charge in [-0.25, -0.2) is 0 Å². The van der Waals surface area contributed by atoms with Gasteiger partial charge in [-0.05, 0) is 64.1 Å². The highest BCUT2D eigenvalue weighted by molar-refractivity contribution is 5.06. The lowest BCUT2D eigenvalue weighted by Gasteiger charge is -2.28. The lowest BCUT2D eigenvalue weighted by Crippen LogP contribution is -2.44. The molecule has 1 N–H and O–H groups in total. The smallest absolute Gasteiger partial charge is 0.106 e. The Morgan fingerprint density at radius 1 is 1.30 bits per heavy atom. The van der Waals surface area contributed by atoms with Crippen LogP contribution >= 0.6 is 0 Å². The summed E-state index contributed by atoms with van der Waals surface area (Å²) in [5.41, 5.74) is -0.304. The fourth-order valence-corrected chi connectivity index (χ4v) is 2.83. The van der Waals surface area contributed by atoms with Crippen molar-refractivity contribution in [3.8, 4) is 6.07 Å². The minimum Gasteiger partial charge on any atom is -0.300 e. The molecule has 0 heterocycles. The van der Waals surface area contributed by atoms with Crippen LogP contribution < -0.4 is 5.32 Å². The zero-order valence-electron chi connectivity index (χ0n) is 13.9. The Balaban J connectivity index is 2.37. The van der Waals surface area contributed by atoms with Crippen LogP contribution in [0.3, 0.4) is 0 Å². The molecule has 1 saturated carbocycles. The molecule has 0 saturated heterocycles. The second kappa shape index (κ2) is 8.64. The lowest BCUT2D eigenvalue weighted by molar-refractivity contribution is 0.232. The van der Waals surface area contributed by atoms with Crippen molar-refractivity contribution >= 4 is 0 Å². The summed E-state index contributed by atoms with van der Waals surface area (Å²) in [6.07, 6.45) is 7.04. The van der Waals surface area contributed by atoms with Gasteiger partial charge in [0.2, 0.25) is 0 Å². The first kappa shape index (κ1) is 17.5. The topological polar surface area (TPSA) is 39.1 Å². The number of nitrogens with zero attached hydrogens (tertiary/aromatic N) is 2. The van der Waals surface area contributed by atoms with Crippen LogP contribution in [0, 0.1) is 17.2 Å². The van der Waals surface area contributed by atoms with E-state index in [4.69, 9.17) is 0 Å². The summed E-state index contributed by atoms with van der Waals surface area (Å²) >= 11 is 0. The van der Waals surface area contributed by atoms with Gasteiger partial charge in [0.25, 0.3) is 0 Å². The molecule has 3 nitrogen and oxygen atoms in total. The Kier molecular flexibility index (Phi) is 7.55. The molecule has 0 aromatic carbocycles. The molecule has 0 aliphatic heterocycles. The predicted octanol–water partition coefficient (Wildman–Crippen LogP) is 3.56. The monoisotopic (exact) mass is 279 g/mol. The summed E-state index contributed by atoms with van der Waals surface area (Å²) in [5.74, 6) is 0.784. The summed E-state index contributed by atoms with van der Waals surface area (Å²) in [6, 6.07) is 3.34. The van der Waals surface area contributed by atoms with Gasteiger partial charge in [0.15, 0.2) is 0 Å². The average Bonchev–Trinajstić information content (AvgIpc) is 3.25. The highest BCUT2D eigenvalue weighted by atomic mass is 15.2. The zero-order valence-corrected chi connectivity index (χ0v) is 13.9. The standard InChI is InChI=1S/C17H33N3/c1-5-17(14-18,19-6-2)11-7-12-20(16-8-9-16)13-10-15(3)4/h15-16,19H,5-13H2,1-4H3. The van der Waals surface area contributed by atoms with Crippen LogP contribution in [0.25, 0.3) is 0 Å². The van der Waals surface area contributed by atoms with Crippen molar-refractivity contribution in [2.45, 2.75) is 77.8 Å². The quantitative estimate of drug-likeness (QED) is 0.628. The molecule has 20 heavy (non-hydrogen) atoms. The Labute approximate surface area is 125 Å². The van der Waals surface area contributed by atoms with Crippen LogP contribution in [-0.4, -0.2) is 36.1 Å². The molecule has 1 unspecified atom stereocenters. The van der Waals surface area contributed by atoms with Crippen molar-refractivity contribution < 1.29 is 0 Å². The van der Waals surface area contributed by atoms with Gasteiger partial charge in [-0.2, -0.15) is 5.26 Å². The van der Waals surface area contributed by atoms with E-state index in [1.165, 1.54) is 25.8 Å². The summed E-state index contributed by atoms with van der Waals surface area (Å²) in [4.78, 5) is 2.66. The summed E-state index contributed by atoms with van der Waals surface area (Å²) < 4.78 is 0. The van der Waals surface area contributed by atoms with Gasteiger partial charge in [0.05, 0.1) is 6.07 Å². The molecule has 1 rings (SSSR count). The van der Waals surface area contributed by atoms with E-state index >= 15 is 0 Å². The molecule has 3 heteroatoms. The Morgan fingerprint density at radius 3 is 2.45 bits per heavy atom. The highest BCUT2D eigenvalue weighted by Crippen LogP contribution is 2.28. The molecule has 1 atom stereocenters. The fourth-order valence-electron chi connectivity index (χ4n) is 2.83. The zero-order chi connectivity index (χ0) is 15.0. The van der Waals surface area contributed by atoms with Gasteiger partial charge in [-0.15, -0.1) is 0 Å². The van der Waals surface area contributed by atoms with Crippen LogP contribution in [0.1, 0.15) is 66.2 Å². The van der Waals surface area contributed by atoms with E-state index in [0.717, 1.165) is 44.3 Å². The minimum atomic E-state index is -0.304. The third-order valence-electron chi connectivity index (χ3n) is 4.44. The summed E-state index contributed by atoms with van der Waals surface area (Å²) in [5, 5.41) is 12.8. The SMILES string of the molecule is CCNC(C#N)(CC)CCCN(CCC(C)C)C1CC1. The number of hydrogen-bond donors (Lipinski definition) is 1. The third-order valence-corrected chi connectivity index (χ3v) is 4.44. The largest absolute Gasteiger partial charge is 0.300 e. The Morgan fingerprint density at radius 2 is 2.00 bits per heavy atom. The van der Waals surface area contributed by atoms with Crippen LogP contribution in [0.4, 0.5) is 0 Å². The van der Waals surface area contributed by atoms with Gasteiger partial charge in [-0.3, -0.25) is 5.32 Å². The minimum absolute atomic E-state index is 0.304. The lowest BCUT2D eigenvalue weighted by atomic mass is 9.92. The van der Waals surface area contributed by atoms with E-state index in [0.29, 0.717) is 0 Å². The molecule has 0 spiro atoms. The second-order valence-corrected chi connectivity index (χ2v) is 6.63. The van der Waals surface area contributed by atoms with Crippen molar-refractivity contribution in [3.05, 3.63) is 0 Å². The molecule has 1 aliphatic carbocycles.